The Balaban J connectivity index is 0. The summed E-state index contributed by atoms with van der Waals surface area (Å²) in [5, 5.41) is 0. The molecule has 0 rings (SSSR count). The molecule has 0 aliphatic rings. The predicted molar refractivity (Wildman–Crippen MR) is 35.8 cm³/mol. The van der Waals surface area contributed by atoms with E-state index < -0.39 is 0 Å². The maximum Gasteiger partial charge on any atom is 0.330 e. The van der Waals surface area contributed by atoms with Crippen LogP contribution in [0.2, 0.25) is 0 Å². The van der Waals surface area contributed by atoms with Crippen LogP contribution in [0.1, 0.15) is 6.92 Å². The van der Waals surface area contributed by atoms with Crippen LogP contribution < -0.4 is 0 Å². The summed E-state index contributed by atoms with van der Waals surface area (Å²) >= 11 is 0. The van der Waals surface area contributed by atoms with Crippen molar-refractivity contribution in [2.75, 3.05) is 6.61 Å². The molecule has 0 radical (unpaired) electrons. The molecule has 0 bridgehead atoms. The molecule has 0 N–H and O–H groups in total. The maximum absolute atomic E-state index is 10.1. The van der Waals surface area contributed by atoms with Gasteiger partial charge in [0.25, 0.3) is 0 Å². The van der Waals surface area contributed by atoms with Crippen LogP contribution in [-0.4, -0.2) is 12.6 Å². The molecule has 3 nitrogen and oxygen atoms in total. The Kier molecular flexibility index (Phi) is 12.8. The minimum absolute atomic E-state index is 0.359. The van der Waals surface area contributed by atoms with Crippen LogP contribution >= 0.6 is 9.12 Å². The monoisotopic (exact) mass is 148 g/mol. The van der Waals surface area contributed by atoms with Crippen molar-refractivity contribution in [1.82, 2.24) is 0 Å². The summed E-state index contributed by atoms with van der Waals surface area (Å²) < 4.78 is 12.5. The number of hydrogen-bond donors (Lipinski definition) is 0. The van der Waals surface area contributed by atoms with E-state index in [1.807, 2.05) is 0 Å². The normalized spacial score (nSPS) is 6.33. The van der Waals surface area contributed by atoms with Gasteiger partial charge in [0, 0.05) is 6.08 Å². The second-order valence-electron chi connectivity index (χ2n) is 0.956. The fraction of sp³-hybridized carbons (Fsp3) is 0.400. The Bertz CT molecular complexity index is 92.2. The van der Waals surface area contributed by atoms with Crippen molar-refractivity contribution < 1.29 is 14.1 Å². The highest BCUT2D eigenvalue weighted by atomic mass is 31.0. The highest BCUT2D eigenvalue weighted by molar-refractivity contribution is 7.00. The first-order valence-corrected chi connectivity index (χ1v) is 2.71. The lowest BCUT2D eigenvalue weighted by molar-refractivity contribution is -0.137. The Labute approximate surface area is 56.3 Å². The van der Waals surface area contributed by atoms with Crippen LogP contribution in [0.4, 0.5) is 0 Å². The molecule has 0 aromatic carbocycles. The second-order valence-corrected chi connectivity index (χ2v) is 0.956. The maximum atomic E-state index is 10.1. The number of rotatable bonds is 2. The van der Waals surface area contributed by atoms with Crippen molar-refractivity contribution >= 4 is 15.1 Å². The Morgan fingerprint density at radius 2 is 2.22 bits per heavy atom. The summed E-state index contributed by atoms with van der Waals surface area (Å²) in [6, 6.07) is 0. The van der Waals surface area contributed by atoms with Gasteiger partial charge in [-0.2, -0.15) is 0 Å². The molecule has 0 aromatic heterocycles. The zero-order valence-corrected chi connectivity index (χ0v) is 6.22. The van der Waals surface area contributed by atoms with Crippen LogP contribution in [0.5, 0.6) is 0 Å². The third-order valence-electron chi connectivity index (χ3n) is 0.453. The van der Waals surface area contributed by atoms with Crippen molar-refractivity contribution in [3.05, 3.63) is 12.7 Å². The molecule has 0 fully saturated rings. The topological polar surface area (TPSA) is 43.4 Å². The second kappa shape index (κ2) is 10.3. The standard InChI is InChI=1S/C5H8O2.HOP/c1-3-5(6)7-4-2;1-2/h3H,1,4H2,2H3;2H. The lowest BCUT2D eigenvalue weighted by Crippen LogP contribution is -1.97. The van der Waals surface area contributed by atoms with Gasteiger partial charge in [-0.3, -0.25) is 4.57 Å². The van der Waals surface area contributed by atoms with Crippen molar-refractivity contribution in [3.8, 4) is 0 Å². The number of hydrogen-bond acceptors (Lipinski definition) is 3. The molecule has 0 unspecified atom stereocenters. The third kappa shape index (κ3) is 11.1. The Hall–Kier alpha value is -0.690. The number of carbonyl (C=O) groups is 1. The number of ether oxygens (including phenoxy) is 1. The van der Waals surface area contributed by atoms with Crippen LogP contribution in [0.15, 0.2) is 12.7 Å². The van der Waals surface area contributed by atoms with Crippen LogP contribution in [0.3, 0.4) is 0 Å². The van der Waals surface area contributed by atoms with Gasteiger partial charge < -0.3 is 4.74 Å². The zero-order valence-electron chi connectivity index (χ0n) is 5.22. The summed E-state index contributed by atoms with van der Waals surface area (Å²) in [4.78, 5) is 10.1. The van der Waals surface area contributed by atoms with E-state index in [0.29, 0.717) is 6.61 Å². The molecule has 9 heavy (non-hydrogen) atoms. The summed E-state index contributed by atoms with van der Waals surface area (Å²) in [6.07, 6.45) is 1.14. The van der Waals surface area contributed by atoms with Gasteiger partial charge in [0.1, 0.15) is 9.12 Å². The lowest BCUT2D eigenvalue weighted by Gasteiger charge is -1.90. The van der Waals surface area contributed by atoms with E-state index in [2.05, 4.69) is 11.3 Å². The van der Waals surface area contributed by atoms with E-state index in [-0.39, 0.29) is 5.97 Å². The van der Waals surface area contributed by atoms with Gasteiger partial charge in [0.05, 0.1) is 6.61 Å². The minimum Gasteiger partial charge on any atom is -0.463 e. The molecule has 0 aliphatic carbocycles. The molecule has 52 valence electrons. The van der Waals surface area contributed by atoms with Gasteiger partial charge in [-0.25, -0.2) is 4.79 Å². The van der Waals surface area contributed by atoms with E-state index in [1.165, 1.54) is 0 Å². The SMILES string of the molecule is C=CC(=O)OCC.O=P. The molecular weight excluding hydrogens is 139 g/mol. The molecule has 0 aliphatic heterocycles. The fourth-order valence-electron chi connectivity index (χ4n) is 0.201. The highest BCUT2D eigenvalue weighted by Gasteiger charge is 1.86. The summed E-state index contributed by atoms with van der Waals surface area (Å²) in [5.74, 6) is -0.359. The smallest absolute Gasteiger partial charge is 0.330 e. The summed E-state index contributed by atoms with van der Waals surface area (Å²) in [6.45, 7) is 5.38. The van der Waals surface area contributed by atoms with E-state index in [4.69, 9.17) is 4.57 Å². The predicted octanol–water partition coefficient (Wildman–Crippen LogP) is 1.21. The fourth-order valence-corrected chi connectivity index (χ4v) is 0.201. The van der Waals surface area contributed by atoms with E-state index >= 15 is 0 Å². The molecule has 4 heteroatoms. The highest BCUT2D eigenvalue weighted by Crippen LogP contribution is 1.74. The largest absolute Gasteiger partial charge is 0.463 e. The van der Waals surface area contributed by atoms with E-state index in [0.717, 1.165) is 6.08 Å². The molecule has 0 atom stereocenters. The Morgan fingerprint density at radius 1 is 1.78 bits per heavy atom. The molecular formula is C5H9O3P. The average Bonchev–Trinajstić information content (AvgIpc) is 1.93. The molecule has 0 saturated carbocycles. The van der Waals surface area contributed by atoms with E-state index in [9.17, 15) is 4.79 Å². The third-order valence-corrected chi connectivity index (χ3v) is 0.453. The van der Waals surface area contributed by atoms with Gasteiger partial charge in [-0.15, -0.1) is 0 Å². The van der Waals surface area contributed by atoms with Gasteiger partial charge in [0.15, 0.2) is 0 Å². The summed E-state index contributed by atoms with van der Waals surface area (Å²) in [5.41, 5.74) is 0. The lowest BCUT2D eigenvalue weighted by atomic mass is 10.6. The first-order valence-electron chi connectivity index (χ1n) is 2.31. The van der Waals surface area contributed by atoms with Gasteiger partial charge in [0.2, 0.25) is 0 Å². The molecule has 0 heterocycles. The molecule has 0 spiro atoms. The molecule has 0 amide bonds. The van der Waals surface area contributed by atoms with Crippen molar-refractivity contribution in [1.29, 1.82) is 0 Å². The average molecular weight is 148 g/mol. The zero-order chi connectivity index (χ0) is 7.70. The van der Waals surface area contributed by atoms with Crippen molar-refractivity contribution in [2.24, 2.45) is 0 Å². The Morgan fingerprint density at radius 3 is 2.33 bits per heavy atom. The summed E-state index contributed by atoms with van der Waals surface area (Å²) in [7, 11) is 1.72. The number of carbonyl (C=O) groups excluding carboxylic acids is 1. The minimum atomic E-state index is -0.359. The molecule has 0 aromatic rings. The quantitative estimate of drug-likeness (QED) is 0.336. The van der Waals surface area contributed by atoms with Crippen molar-refractivity contribution in [2.45, 2.75) is 6.92 Å². The van der Waals surface area contributed by atoms with Gasteiger partial charge in [-0.1, -0.05) is 6.58 Å². The van der Waals surface area contributed by atoms with Crippen LogP contribution in [-0.2, 0) is 14.1 Å². The first-order chi connectivity index (χ1) is 4.31. The van der Waals surface area contributed by atoms with Crippen LogP contribution in [0.25, 0.3) is 0 Å². The van der Waals surface area contributed by atoms with Gasteiger partial charge >= 0.3 is 5.97 Å². The molecule has 0 saturated heterocycles. The van der Waals surface area contributed by atoms with Gasteiger partial charge in [-0.05, 0) is 6.92 Å². The first kappa shape index (κ1) is 11.2. The van der Waals surface area contributed by atoms with Crippen molar-refractivity contribution in [3.63, 3.8) is 0 Å². The number of esters is 1. The van der Waals surface area contributed by atoms with Crippen LogP contribution in [0, 0.1) is 0 Å². The van der Waals surface area contributed by atoms with E-state index in [1.54, 1.807) is 16.0 Å².